The number of aromatic nitrogens is 3. The van der Waals surface area contributed by atoms with E-state index >= 15 is 0 Å². The van der Waals surface area contributed by atoms with Crippen molar-refractivity contribution in [2.75, 3.05) is 5.43 Å². The van der Waals surface area contributed by atoms with Crippen LogP contribution in [0.2, 0.25) is 5.02 Å². The fraction of sp³-hybridized carbons (Fsp3) is 0.375. The minimum absolute atomic E-state index is 0.151. The predicted molar refractivity (Wildman–Crippen MR) is 128 cm³/mol. The Morgan fingerprint density at radius 1 is 1.03 bits per heavy atom. The second-order valence-corrected chi connectivity index (χ2v) is 10.1. The molecule has 0 bridgehead atoms. The highest BCUT2D eigenvalue weighted by molar-refractivity contribution is 8.00. The maximum Gasteiger partial charge on any atom is 0.239 e. The minimum atomic E-state index is -0.348. The van der Waals surface area contributed by atoms with Gasteiger partial charge in [-0.1, -0.05) is 65.8 Å². The highest BCUT2D eigenvalue weighted by Gasteiger charge is 2.42. The second kappa shape index (κ2) is 8.79. The van der Waals surface area contributed by atoms with Crippen LogP contribution in [0.25, 0.3) is 11.4 Å². The lowest BCUT2D eigenvalue weighted by atomic mass is 9.95. The molecule has 0 radical (unpaired) electrons. The summed E-state index contributed by atoms with van der Waals surface area (Å²) >= 11 is 7.64. The molecule has 0 spiro atoms. The molecule has 2 aliphatic heterocycles. The molecule has 0 unspecified atom stereocenters. The van der Waals surface area contributed by atoms with Crippen LogP contribution in [0.3, 0.4) is 0 Å². The van der Waals surface area contributed by atoms with Gasteiger partial charge in [0.2, 0.25) is 11.1 Å². The van der Waals surface area contributed by atoms with E-state index in [2.05, 4.69) is 34.4 Å². The van der Waals surface area contributed by atoms with E-state index in [1.54, 1.807) is 0 Å². The maximum atomic E-state index is 13.9. The van der Waals surface area contributed by atoms with Crippen LogP contribution in [0, 0.1) is 0 Å². The smallest absolute Gasteiger partial charge is 0.239 e. The second-order valence-electron chi connectivity index (χ2n) is 8.58. The van der Waals surface area contributed by atoms with Crippen molar-refractivity contribution in [3.8, 4) is 11.4 Å². The Morgan fingerprint density at radius 3 is 2.41 bits per heavy atom. The molecule has 2 aliphatic rings. The molecule has 3 aromatic rings. The Balaban J connectivity index is 1.54. The van der Waals surface area contributed by atoms with Crippen molar-refractivity contribution in [1.29, 1.82) is 0 Å². The van der Waals surface area contributed by atoms with Gasteiger partial charge in [-0.25, -0.2) is 4.68 Å². The third-order valence-electron chi connectivity index (χ3n) is 6.39. The summed E-state index contributed by atoms with van der Waals surface area (Å²) < 4.78 is 1.91. The molecule has 1 N–H and O–H groups in total. The zero-order valence-electron chi connectivity index (χ0n) is 18.1. The van der Waals surface area contributed by atoms with Gasteiger partial charge in [-0.15, -0.1) is 10.2 Å². The van der Waals surface area contributed by atoms with Crippen LogP contribution < -0.4 is 5.43 Å². The van der Waals surface area contributed by atoms with Crippen molar-refractivity contribution in [3.63, 3.8) is 0 Å². The van der Waals surface area contributed by atoms with Gasteiger partial charge < -0.3 is 10.3 Å². The van der Waals surface area contributed by atoms with Gasteiger partial charge >= 0.3 is 0 Å². The Hall–Kier alpha value is -2.51. The van der Waals surface area contributed by atoms with Crippen LogP contribution in [0.4, 0.5) is 0 Å². The lowest BCUT2D eigenvalue weighted by Crippen LogP contribution is -2.53. The zero-order chi connectivity index (χ0) is 22.2. The minimum Gasteiger partial charge on any atom is -0.336 e. The van der Waals surface area contributed by atoms with Gasteiger partial charge in [0, 0.05) is 22.7 Å². The molecule has 2 aromatic carbocycles. The first-order valence-electron chi connectivity index (χ1n) is 11.0. The average molecular weight is 468 g/mol. The molecular formula is C24H26ClN5OS. The van der Waals surface area contributed by atoms with E-state index in [0.29, 0.717) is 10.2 Å². The summed E-state index contributed by atoms with van der Waals surface area (Å²) in [5.41, 5.74) is 5.54. The summed E-state index contributed by atoms with van der Waals surface area (Å²) in [6, 6.07) is 17.9. The number of piperidine rings is 1. The lowest BCUT2D eigenvalue weighted by molar-refractivity contribution is -0.137. The fourth-order valence-electron chi connectivity index (χ4n) is 4.74. The number of carbonyl (C=O) groups excluding carboxylic acids is 1. The zero-order valence-corrected chi connectivity index (χ0v) is 19.7. The molecule has 8 heteroatoms. The van der Waals surface area contributed by atoms with E-state index in [1.807, 2.05) is 59.3 Å². The summed E-state index contributed by atoms with van der Waals surface area (Å²) in [5.74, 6) is 0.885. The van der Waals surface area contributed by atoms with Gasteiger partial charge in [0.05, 0.1) is 6.04 Å². The number of fused-ring (bicyclic) bond motifs is 1. The first-order chi connectivity index (χ1) is 15.5. The molecule has 1 fully saturated rings. The van der Waals surface area contributed by atoms with Crippen LogP contribution in [-0.4, -0.2) is 43.0 Å². The van der Waals surface area contributed by atoms with E-state index in [1.165, 1.54) is 11.8 Å². The van der Waals surface area contributed by atoms with Gasteiger partial charge in [0.25, 0.3) is 0 Å². The summed E-state index contributed by atoms with van der Waals surface area (Å²) in [7, 11) is 0. The lowest BCUT2D eigenvalue weighted by Gasteiger charge is -2.43. The molecule has 1 amide bonds. The van der Waals surface area contributed by atoms with E-state index in [9.17, 15) is 4.79 Å². The number of rotatable bonds is 3. The highest BCUT2D eigenvalue weighted by atomic mass is 35.5. The fourth-order valence-corrected chi connectivity index (χ4v) is 6.00. The van der Waals surface area contributed by atoms with E-state index in [-0.39, 0.29) is 29.3 Å². The Morgan fingerprint density at radius 2 is 1.72 bits per heavy atom. The van der Waals surface area contributed by atoms with Crippen molar-refractivity contribution >= 4 is 29.3 Å². The number of amides is 1. The van der Waals surface area contributed by atoms with Gasteiger partial charge in [0.15, 0.2) is 5.82 Å². The molecule has 166 valence electrons. The number of carbonyl (C=O) groups is 1. The van der Waals surface area contributed by atoms with Crippen molar-refractivity contribution in [2.45, 2.75) is 61.6 Å². The van der Waals surface area contributed by atoms with Crippen LogP contribution >= 0.6 is 23.4 Å². The molecule has 6 nitrogen and oxygen atoms in total. The largest absolute Gasteiger partial charge is 0.336 e. The number of thioether (sulfide) groups is 1. The number of hydrogen-bond acceptors (Lipinski definition) is 5. The highest BCUT2D eigenvalue weighted by Crippen LogP contribution is 2.40. The number of likely N-dealkylation sites (tertiary alicyclic amines) is 1. The van der Waals surface area contributed by atoms with Crippen LogP contribution in [0.5, 0.6) is 0 Å². The SMILES string of the molecule is C[C@@H]1CCC[C@H](C)N1C(=O)[C@H]1Sc2nnc(-c3ccccc3)n2N[C@@H]1c1ccc(Cl)cc1. The number of benzene rings is 2. The summed E-state index contributed by atoms with van der Waals surface area (Å²) in [4.78, 5) is 16.0. The van der Waals surface area contributed by atoms with Crippen molar-refractivity contribution in [3.05, 3.63) is 65.2 Å². The molecule has 3 heterocycles. The number of hydrogen-bond donors (Lipinski definition) is 1. The van der Waals surface area contributed by atoms with Crippen LogP contribution in [0.15, 0.2) is 59.8 Å². The normalized spacial score (nSPS) is 25.2. The first-order valence-corrected chi connectivity index (χ1v) is 12.3. The topological polar surface area (TPSA) is 63.1 Å². The third kappa shape index (κ3) is 3.88. The van der Waals surface area contributed by atoms with Gasteiger partial charge in [-0.3, -0.25) is 4.79 Å². The van der Waals surface area contributed by atoms with Gasteiger partial charge in [0.1, 0.15) is 5.25 Å². The molecule has 0 saturated carbocycles. The van der Waals surface area contributed by atoms with Crippen molar-refractivity contribution in [2.24, 2.45) is 0 Å². The average Bonchev–Trinajstić information content (AvgIpc) is 3.22. The summed E-state index contributed by atoms with van der Waals surface area (Å²) in [6.07, 6.45) is 3.25. The Labute approximate surface area is 197 Å². The molecule has 4 atom stereocenters. The number of nitrogens with one attached hydrogen (secondary N) is 1. The molecule has 32 heavy (non-hydrogen) atoms. The van der Waals surface area contributed by atoms with Crippen molar-refractivity contribution in [1.82, 2.24) is 19.8 Å². The maximum absolute atomic E-state index is 13.9. The monoisotopic (exact) mass is 467 g/mol. The molecule has 1 saturated heterocycles. The van der Waals surface area contributed by atoms with E-state index < -0.39 is 0 Å². The van der Waals surface area contributed by atoms with E-state index in [0.717, 1.165) is 36.2 Å². The Bertz CT molecular complexity index is 1090. The quantitative estimate of drug-likeness (QED) is 0.577. The first kappa shape index (κ1) is 21.3. The van der Waals surface area contributed by atoms with Crippen LogP contribution in [0.1, 0.15) is 44.7 Å². The van der Waals surface area contributed by atoms with E-state index in [4.69, 9.17) is 11.6 Å². The molecule has 1 aromatic heterocycles. The molecule has 5 rings (SSSR count). The number of nitrogens with zero attached hydrogens (tertiary/aromatic N) is 4. The molecule has 0 aliphatic carbocycles. The van der Waals surface area contributed by atoms with Gasteiger partial charge in [-0.05, 0) is 50.8 Å². The van der Waals surface area contributed by atoms with Crippen molar-refractivity contribution < 1.29 is 4.79 Å². The summed E-state index contributed by atoms with van der Waals surface area (Å²) in [6.45, 7) is 4.31. The van der Waals surface area contributed by atoms with Gasteiger partial charge in [-0.2, -0.15) is 0 Å². The molecular weight excluding hydrogens is 442 g/mol. The Kier molecular flexibility index (Phi) is 5.86. The summed E-state index contributed by atoms with van der Waals surface area (Å²) in [5, 5.41) is 9.87. The standard InChI is InChI=1S/C24H26ClN5OS/c1-15-7-6-8-16(2)29(15)23(31)21-20(17-11-13-19(25)14-12-17)28-30-22(26-27-24(30)32-21)18-9-4-3-5-10-18/h3-5,9-16,20-21,28H,6-8H2,1-2H3/t15-,16+,20-,21+/m1/s1. The predicted octanol–water partition coefficient (Wildman–Crippen LogP) is 5.15. The van der Waals surface area contributed by atoms with Crippen LogP contribution in [-0.2, 0) is 4.79 Å². The third-order valence-corrected chi connectivity index (χ3v) is 7.84. The number of halogens is 1.